The largest absolute Gasteiger partial charge is 0.493 e. The highest BCUT2D eigenvalue weighted by atomic mass is 31.0. The Hall–Kier alpha value is -2.60. The van der Waals surface area contributed by atoms with Gasteiger partial charge >= 0.3 is 0 Å². The molecule has 4 rings (SSSR count). The van der Waals surface area contributed by atoms with Crippen LogP contribution in [0.4, 0.5) is 20.4 Å². The van der Waals surface area contributed by atoms with Crippen LogP contribution in [0.25, 0.3) is 10.9 Å². The van der Waals surface area contributed by atoms with Crippen molar-refractivity contribution in [3.8, 4) is 5.75 Å². The fourth-order valence-corrected chi connectivity index (χ4v) is 3.67. The molecule has 2 bridgehead atoms. The molecule has 0 aliphatic carbocycles. The smallest absolute Gasteiger partial charge is 0.287 e. The summed E-state index contributed by atoms with van der Waals surface area (Å²) in [6, 6.07) is 6.69. The van der Waals surface area contributed by atoms with Crippen LogP contribution in [-0.4, -0.2) is 28.6 Å². The molecule has 3 aromatic rings. The molecule has 0 saturated carbocycles. The van der Waals surface area contributed by atoms with Gasteiger partial charge in [-0.1, -0.05) is 21.4 Å². The monoisotopic (exact) mass is 417 g/mol. The number of rotatable bonds is 2. The molecule has 29 heavy (non-hydrogen) atoms. The highest BCUT2D eigenvalue weighted by Crippen LogP contribution is 2.42. The number of ether oxygens (including phenoxy) is 1. The lowest BCUT2D eigenvalue weighted by atomic mass is 10.1. The summed E-state index contributed by atoms with van der Waals surface area (Å²) in [5.74, 6) is 2.27. The van der Waals surface area contributed by atoms with E-state index in [2.05, 4.69) is 25.6 Å². The standard InChI is InChI=1S/C20H22F2N5OP/c1-11-17-13(9-16(23-2)25-11)19-24-10-12-5-3-6-14(20(21,22)29)18(12)28-8-4-7-15(26-17)27-19/h3,5-6,9H,4,7-8,10,29H2,1-2H3,(H,23,25)(H,24,26,27). The van der Waals surface area contributed by atoms with Gasteiger partial charge in [-0.25, -0.2) is 15.0 Å². The third kappa shape index (κ3) is 3.94. The summed E-state index contributed by atoms with van der Waals surface area (Å²) in [5.41, 5.74) is -0.974. The predicted molar refractivity (Wildman–Crippen MR) is 113 cm³/mol. The Morgan fingerprint density at radius 3 is 2.83 bits per heavy atom. The van der Waals surface area contributed by atoms with Crippen LogP contribution in [-0.2, 0) is 18.6 Å². The number of anilines is 2. The fraction of sp³-hybridized carbons (Fsp3) is 0.350. The van der Waals surface area contributed by atoms with Gasteiger partial charge in [-0.3, -0.25) is 0 Å². The van der Waals surface area contributed by atoms with Gasteiger partial charge in [-0.15, -0.1) is 0 Å². The molecule has 1 aromatic carbocycles. The number of halogens is 2. The Morgan fingerprint density at radius 2 is 2.07 bits per heavy atom. The number of nitrogens with one attached hydrogen (secondary N) is 2. The van der Waals surface area contributed by atoms with E-state index in [4.69, 9.17) is 4.74 Å². The van der Waals surface area contributed by atoms with Crippen molar-refractivity contribution in [2.24, 2.45) is 0 Å². The highest BCUT2D eigenvalue weighted by molar-refractivity contribution is 7.17. The van der Waals surface area contributed by atoms with Crippen LogP contribution in [0, 0.1) is 6.92 Å². The van der Waals surface area contributed by atoms with Gasteiger partial charge in [0.05, 0.1) is 23.4 Å². The average molecular weight is 417 g/mol. The van der Waals surface area contributed by atoms with Crippen molar-refractivity contribution in [1.29, 1.82) is 0 Å². The quantitative estimate of drug-likeness (QED) is 0.608. The van der Waals surface area contributed by atoms with Crippen LogP contribution in [0.2, 0.25) is 0 Å². The zero-order valence-electron chi connectivity index (χ0n) is 16.2. The molecule has 0 spiro atoms. The van der Waals surface area contributed by atoms with E-state index in [-0.39, 0.29) is 11.3 Å². The van der Waals surface area contributed by atoms with Gasteiger partial charge in [-0.05, 0) is 25.5 Å². The third-order valence-electron chi connectivity index (χ3n) is 4.85. The molecule has 0 radical (unpaired) electrons. The second-order valence-electron chi connectivity index (χ2n) is 6.95. The lowest BCUT2D eigenvalue weighted by Gasteiger charge is -2.19. The number of para-hydroxylation sites is 1. The highest BCUT2D eigenvalue weighted by Gasteiger charge is 2.30. The third-order valence-corrected chi connectivity index (χ3v) is 5.16. The Morgan fingerprint density at radius 1 is 1.24 bits per heavy atom. The minimum atomic E-state index is -3.07. The minimum Gasteiger partial charge on any atom is -0.493 e. The second kappa shape index (κ2) is 7.67. The van der Waals surface area contributed by atoms with Crippen molar-refractivity contribution in [2.75, 3.05) is 24.3 Å². The minimum absolute atomic E-state index is 0.138. The van der Waals surface area contributed by atoms with Gasteiger partial charge in [0.25, 0.3) is 5.66 Å². The zero-order chi connectivity index (χ0) is 20.6. The van der Waals surface area contributed by atoms with Gasteiger partial charge in [0, 0.05) is 31.0 Å². The molecule has 6 nitrogen and oxygen atoms in total. The molecule has 3 heterocycles. The molecule has 1 atom stereocenters. The molecule has 9 heteroatoms. The van der Waals surface area contributed by atoms with E-state index in [1.54, 1.807) is 28.4 Å². The van der Waals surface area contributed by atoms with Crippen molar-refractivity contribution >= 4 is 31.8 Å². The van der Waals surface area contributed by atoms with Crippen molar-refractivity contribution in [3.05, 3.63) is 46.9 Å². The molecule has 2 N–H and O–H groups in total. The molecular weight excluding hydrogens is 395 g/mol. The van der Waals surface area contributed by atoms with E-state index in [1.165, 1.54) is 6.07 Å². The fourth-order valence-electron chi connectivity index (χ4n) is 3.45. The molecule has 1 aliphatic heterocycles. The zero-order valence-corrected chi connectivity index (χ0v) is 17.4. The second-order valence-corrected chi connectivity index (χ2v) is 7.67. The van der Waals surface area contributed by atoms with Gasteiger partial charge in [-0.2, -0.15) is 8.78 Å². The van der Waals surface area contributed by atoms with E-state index in [0.29, 0.717) is 49.0 Å². The Balaban J connectivity index is 1.82. The predicted octanol–water partition coefficient (Wildman–Crippen LogP) is 4.24. The van der Waals surface area contributed by atoms with Gasteiger partial charge < -0.3 is 15.4 Å². The van der Waals surface area contributed by atoms with E-state index in [9.17, 15) is 8.78 Å². The molecular formula is C20H22F2N5OP. The van der Waals surface area contributed by atoms with Gasteiger partial charge in [0.1, 0.15) is 23.2 Å². The first-order valence-electron chi connectivity index (χ1n) is 9.38. The summed E-state index contributed by atoms with van der Waals surface area (Å²) in [6.45, 7) is 2.51. The summed E-state index contributed by atoms with van der Waals surface area (Å²) >= 11 is 0. The number of aryl methyl sites for hydroxylation is 2. The van der Waals surface area contributed by atoms with Crippen LogP contribution >= 0.6 is 9.24 Å². The number of nitrogens with zero attached hydrogens (tertiary/aromatic N) is 3. The topological polar surface area (TPSA) is 72.0 Å². The maximum atomic E-state index is 14.1. The van der Waals surface area contributed by atoms with Crippen molar-refractivity contribution < 1.29 is 13.5 Å². The maximum Gasteiger partial charge on any atom is 0.287 e. The van der Waals surface area contributed by atoms with Crippen molar-refractivity contribution in [3.63, 3.8) is 0 Å². The van der Waals surface area contributed by atoms with E-state index in [1.807, 2.05) is 13.0 Å². The van der Waals surface area contributed by atoms with E-state index >= 15 is 0 Å². The first-order valence-corrected chi connectivity index (χ1v) is 9.96. The van der Waals surface area contributed by atoms with Crippen LogP contribution in [0.5, 0.6) is 5.75 Å². The van der Waals surface area contributed by atoms with Crippen LogP contribution in [0.1, 0.15) is 29.1 Å². The van der Waals surface area contributed by atoms with E-state index in [0.717, 1.165) is 16.6 Å². The number of benzene rings is 1. The van der Waals surface area contributed by atoms with Crippen LogP contribution in [0.15, 0.2) is 24.3 Å². The Kier molecular flexibility index (Phi) is 5.21. The molecule has 0 amide bonds. The lowest BCUT2D eigenvalue weighted by molar-refractivity contribution is 0.0987. The van der Waals surface area contributed by atoms with Crippen LogP contribution < -0.4 is 15.4 Å². The number of pyridine rings is 1. The summed E-state index contributed by atoms with van der Waals surface area (Å²) in [4.78, 5) is 13.9. The lowest BCUT2D eigenvalue weighted by Crippen LogP contribution is -2.11. The molecule has 0 fully saturated rings. The summed E-state index contributed by atoms with van der Waals surface area (Å²) < 4.78 is 34.0. The van der Waals surface area contributed by atoms with Crippen LogP contribution in [0.3, 0.4) is 0 Å². The average Bonchev–Trinajstić information content (AvgIpc) is 2.71. The normalized spacial score (nSPS) is 14.4. The summed E-state index contributed by atoms with van der Waals surface area (Å²) in [6.07, 6.45) is 1.19. The maximum absolute atomic E-state index is 14.1. The first-order chi connectivity index (χ1) is 13.9. The van der Waals surface area contributed by atoms with E-state index < -0.39 is 5.66 Å². The number of aromatic nitrogens is 3. The number of fused-ring (bicyclic) bond motifs is 5. The SMILES string of the molecule is CNc1cc2c3nc(nc2c(C)n1)CCCOc1c(cccc1C(F)(F)P)CN3. The summed E-state index contributed by atoms with van der Waals surface area (Å²) in [7, 11) is 3.39. The molecule has 1 unspecified atom stereocenters. The van der Waals surface area contributed by atoms with Gasteiger partial charge in [0.2, 0.25) is 0 Å². The number of alkyl halides is 2. The van der Waals surface area contributed by atoms with Gasteiger partial charge in [0.15, 0.2) is 0 Å². The summed E-state index contributed by atoms with van der Waals surface area (Å²) in [5, 5.41) is 7.18. The first kappa shape index (κ1) is 19.7. The number of hydrogen-bond donors (Lipinski definition) is 2. The Labute approximate surface area is 169 Å². The molecule has 1 aliphatic rings. The van der Waals surface area contributed by atoms with Crippen molar-refractivity contribution in [1.82, 2.24) is 15.0 Å². The molecule has 2 aromatic heterocycles. The Bertz CT molecular complexity index is 1070. The number of hydrogen-bond acceptors (Lipinski definition) is 6. The van der Waals surface area contributed by atoms with Crippen molar-refractivity contribution in [2.45, 2.75) is 32.0 Å². The molecule has 152 valence electrons. The molecule has 0 saturated heterocycles.